The van der Waals surface area contributed by atoms with Crippen LogP contribution in [0.3, 0.4) is 0 Å². The lowest BCUT2D eigenvalue weighted by molar-refractivity contribution is -0.127. The molecule has 31 heavy (non-hydrogen) atoms. The van der Waals surface area contributed by atoms with Crippen molar-refractivity contribution < 1.29 is 18.8 Å². The maximum absolute atomic E-state index is 13.4. The van der Waals surface area contributed by atoms with E-state index in [-0.39, 0.29) is 31.9 Å². The summed E-state index contributed by atoms with van der Waals surface area (Å²) in [6, 6.07) is 11.2. The number of nitrogens with zero attached hydrogens (tertiary/aromatic N) is 2. The SMILES string of the molecule is NCCNC(=O)C1N(C(=O)Nc2cccc(F)c2)CCN1C(=O)Nc1cccc(Br)c1. The van der Waals surface area contributed by atoms with Crippen molar-refractivity contribution in [2.45, 2.75) is 6.17 Å². The minimum Gasteiger partial charge on any atom is -0.351 e. The first kappa shape index (κ1) is 22.5. The first-order valence-corrected chi connectivity index (χ1v) is 10.3. The van der Waals surface area contributed by atoms with Gasteiger partial charge in [-0.05, 0) is 36.4 Å². The number of hydrogen-bond donors (Lipinski definition) is 4. The van der Waals surface area contributed by atoms with Gasteiger partial charge in [0.15, 0.2) is 6.17 Å². The molecule has 1 heterocycles. The van der Waals surface area contributed by atoms with Crippen molar-refractivity contribution in [3.8, 4) is 0 Å². The molecule has 0 aromatic heterocycles. The van der Waals surface area contributed by atoms with Crippen LogP contribution >= 0.6 is 15.9 Å². The van der Waals surface area contributed by atoms with Crippen LogP contribution in [0.1, 0.15) is 0 Å². The maximum Gasteiger partial charge on any atom is 0.323 e. The van der Waals surface area contributed by atoms with Gasteiger partial charge in [0.2, 0.25) is 0 Å². The van der Waals surface area contributed by atoms with Crippen LogP contribution in [-0.2, 0) is 4.79 Å². The van der Waals surface area contributed by atoms with Crippen LogP contribution in [0.4, 0.5) is 25.4 Å². The van der Waals surface area contributed by atoms with Crippen LogP contribution in [-0.4, -0.2) is 60.1 Å². The van der Waals surface area contributed by atoms with E-state index in [9.17, 15) is 18.8 Å². The topological polar surface area (TPSA) is 120 Å². The monoisotopic (exact) mass is 492 g/mol. The Labute approximate surface area is 186 Å². The number of carbonyl (C=O) groups excluding carboxylic acids is 3. The Hall–Kier alpha value is -3.18. The molecule has 0 bridgehead atoms. The van der Waals surface area contributed by atoms with E-state index in [4.69, 9.17) is 5.73 Å². The molecule has 5 amide bonds. The lowest BCUT2D eigenvalue weighted by atomic mass is 10.3. The van der Waals surface area contributed by atoms with E-state index in [2.05, 4.69) is 31.9 Å². The largest absolute Gasteiger partial charge is 0.351 e. The van der Waals surface area contributed by atoms with Crippen LogP contribution < -0.4 is 21.7 Å². The quantitative estimate of drug-likeness (QED) is 0.511. The second kappa shape index (κ2) is 10.2. The molecule has 164 valence electrons. The molecule has 11 heteroatoms. The zero-order valence-electron chi connectivity index (χ0n) is 16.5. The van der Waals surface area contributed by atoms with Gasteiger partial charge in [0, 0.05) is 42.0 Å². The Morgan fingerprint density at radius 2 is 1.58 bits per heavy atom. The molecule has 1 fully saturated rings. The lowest BCUT2D eigenvalue weighted by Crippen LogP contribution is -2.55. The Morgan fingerprint density at radius 1 is 1.00 bits per heavy atom. The lowest BCUT2D eigenvalue weighted by Gasteiger charge is -2.29. The predicted molar refractivity (Wildman–Crippen MR) is 118 cm³/mol. The highest BCUT2D eigenvalue weighted by Crippen LogP contribution is 2.21. The van der Waals surface area contributed by atoms with Crippen molar-refractivity contribution in [1.82, 2.24) is 15.1 Å². The normalized spacial score (nSPS) is 15.5. The highest BCUT2D eigenvalue weighted by atomic mass is 79.9. The molecule has 0 aliphatic carbocycles. The molecule has 0 saturated carbocycles. The Bertz CT molecular complexity index is 908. The van der Waals surface area contributed by atoms with E-state index in [1.807, 2.05) is 6.07 Å². The van der Waals surface area contributed by atoms with Crippen molar-refractivity contribution in [1.29, 1.82) is 0 Å². The number of nitrogens with one attached hydrogen (secondary N) is 3. The molecule has 3 rings (SSSR count). The van der Waals surface area contributed by atoms with Gasteiger partial charge in [-0.25, -0.2) is 14.0 Å². The van der Waals surface area contributed by atoms with Gasteiger partial charge in [0.25, 0.3) is 5.91 Å². The number of anilines is 2. The fourth-order valence-electron chi connectivity index (χ4n) is 3.15. The van der Waals surface area contributed by atoms with E-state index < -0.39 is 30.0 Å². The summed E-state index contributed by atoms with van der Waals surface area (Å²) in [7, 11) is 0. The number of benzene rings is 2. The van der Waals surface area contributed by atoms with Crippen LogP contribution in [0, 0.1) is 5.82 Å². The zero-order valence-corrected chi connectivity index (χ0v) is 18.1. The minimum atomic E-state index is -1.19. The molecule has 2 aromatic rings. The van der Waals surface area contributed by atoms with E-state index in [0.717, 1.165) is 10.5 Å². The zero-order chi connectivity index (χ0) is 22.4. The second-order valence-corrected chi connectivity index (χ2v) is 7.64. The third kappa shape index (κ3) is 5.70. The van der Waals surface area contributed by atoms with Crippen molar-refractivity contribution in [3.63, 3.8) is 0 Å². The summed E-state index contributed by atoms with van der Waals surface area (Å²) >= 11 is 3.34. The van der Waals surface area contributed by atoms with Gasteiger partial charge < -0.3 is 21.7 Å². The van der Waals surface area contributed by atoms with Gasteiger partial charge in [-0.2, -0.15) is 0 Å². The predicted octanol–water partition coefficient (Wildman–Crippen LogP) is 2.37. The third-order valence-corrected chi connectivity index (χ3v) is 5.02. The van der Waals surface area contributed by atoms with Crippen LogP contribution in [0.5, 0.6) is 0 Å². The standard InChI is InChI=1S/C20H22BrFN6O3/c21-13-3-1-5-15(11-13)25-19(30)27-9-10-28(18(27)17(29)24-8-7-23)20(31)26-16-6-2-4-14(22)12-16/h1-6,11-12,18H,7-10,23H2,(H,24,29)(H,25,30)(H,26,31). The second-order valence-electron chi connectivity index (χ2n) is 6.72. The number of hydrogen-bond acceptors (Lipinski definition) is 4. The van der Waals surface area contributed by atoms with Gasteiger partial charge in [-0.3, -0.25) is 14.6 Å². The van der Waals surface area contributed by atoms with Gasteiger partial charge in [0.05, 0.1) is 0 Å². The van der Waals surface area contributed by atoms with Crippen molar-refractivity contribution in [2.24, 2.45) is 5.73 Å². The fourth-order valence-corrected chi connectivity index (χ4v) is 3.55. The van der Waals surface area contributed by atoms with Gasteiger partial charge in [-0.15, -0.1) is 0 Å². The third-order valence-electron chi connectivity index (χ3n) is 4.52. The van der Waals surface area contributed by atoms with Crippen LogP contribution in [0.2, 0.25) is 0 Å². The average molecular weight is 493 g/mol. The van der Waals surface area contributed by atoms with Crippen LogP contribution in [0.25, 0.3) is 0 Å². The molecule has 9 nitrogen and oxygen atoms in total. The van der Waals surface area contributed by atoms with E-state index in [0.29, 0.717) is 5.69 Å². The summed E-state index contributed by atoms with van der Waals surface area (Å²) in [4.78, 5) is 40.9. The Balaban J connectivity index is 1.78. The number of halogens is 2. The Kier molecular flexibility index (Phi) is 7.42. The molecule has 1 unspecified atom stereocenters. The molecule has 0 radical (unpaired) electrons. The minimum absolute atomic E-state index is 0.119. The number of urea groups is 2. The average Bonchev–Trinajstić information content (AvgIpc) is 3.17. The van der Waals surface area contributed by atoms with Crippen LogP contribution in [0.15, 0.2) is 53.0 Å². The molecule has 1 aliphatic heterocycles. The summed E-state index contributed by atoms with van der Waals surface area (Å²) in [5.41, 5.74) is 6.23. The van der Waals surface area contributed by atoms with E-state index >= 15 is 0 Å². The fraction of sp³-hybridized carbons (Fsp3) is 0.250. The molecule has 5 N–H and O–H groups in total. The molecule has 2 aromatic carbocycles. The van der Waals surface area contributed by atoms with Gasteiger partial charge in [-0.1, -0.05) is 28.1 Å². The molecule has 1 atom stereocenters. The van der Waals surface area contributed by atoms with Crippen molar-refractivity contribution in [2.75, 3.05) is 36.8 Å². The summed E-state index contributed by atoms with van der Waals surface area (Å²) in [5, 5.41) is 7.90. The smallest absolute Gasteiger partial charge is 0.323 e. The van der Waals surface area contributed by atoms with Crippen molar-refractivity contribution >= 4 is 45.3 Å². The first-order valence-electron chi connectivity index (χ1n) is 9.53. The number of rotatable bonds is 5. The number of carbonyl (C=O) groups is 3. The highest BCUT2D eigenvalue weighted by Gasteiger charge is 2.42. The Morgan fingerprint density at radius 3 is 2.13 bits per heavy atom. The number of amides is 5. The highest BCUT2D eigenvalue weighted by molar-refractivity contribution is 9.10. The summed E-state index contributed by atoms with van der Waals surface area (Å²) < 4.78 is 14.2. The maximum atomic E-state index is 13.4. The van der Waals surface area contributed by atoms with Crippen molar-refractivity contribution in [3.05, 3.63) is 58.8 Å². The van der Waals surface area contributed by atoms with E-state index in [1.54, 1.807) is 18.2 Å². The molecular formula is C20H22BrFN6O3. The summed E-state index contributed by atoms with van der Waals surface area (Å²) in [6.45, 7) is 0.652. The molecular weight excluding hydrogens is 471 g/mol. The number of nitrogens with two attached hydrogens (primary N) is 1. The molecule has 1 saturated heterocycles. The van der Waals surface area contributed by atoms with Gasteiger partial charge >= 0.3 is 12.1 Å². The summed E-state index contributed by atoms with van der Waals surface area (Å²) in [5.74, 6) is -1.05. The molecule has 0 spiro atoms. The van der Waals surface area contributed by atoms with Gasteiger partial charge in [0.1, 0.15) is 5.82 Å². The first-order chi connectivity index (χ1) is 14.9. The van der Waals surface area contributed by atoms with E-state index in [1.165, 1.54) is 28.0 Å². The molecule has 1 aliphatic rings. The summed E-state index contributed by atoms with van der Waals surface area (Å²) in [6.07, 6.45) is -1.19.